The van der Waals surface area contributed by atoms with Crippen molar-refractivity contribution in [3.05, 3.63) is 29.3 Å². The first-order chi connectivity index (χ1) is 8.45. The Kier molecular flexibility index (Phi) is 5.50. The Hall–Kier alpha value is -1.20. The van der Waals surface area contributed by atoms with E-state index in [-0.39, 0.29) is 18.3 Å². The minimum atomic E-state index is -0.595. The lowest BCUT2D eigenvalue weighted by Gasteiger charge is -2.21. The van der Waals surface area contributed by atoms with Crippen LogP contribution in [0.15, 0.2) is 12.1 Å². The minimum Gasteiger partial charge on any atom is -0.377 e. The molecule has 0 bridgehead atoms. The maximum Gasteiger partial charge on any atom is 0.149 e. The van der Waals surface area contributed by atoms with Gasteiger partial charge >= 0.3 is 0 Å². The van der Waals surface area contributed by atoms with Gasteiger partial charge in [-0.25, -0.2) is 8.78 Å². The van der Waals surface area contributed by atoms with Crippen LogP contribution in [0.1, 0.15) is 19.4 Å². The second-order valence-corrected chi connectivity index (χ2v) is 4.45. The van der Waals surface area contributed by atoms with Crippen LogP contribution >= 0.6 is 0 Å². The van der Waals surface area contributed by atoms with Crippen molar-refractivity contribution in [3.8, 4) is 0 Å². The summed E-state index contributed by atoms with van der Waals surface area (Å²) in [5, 5.41) is 0. The summed E-state index contributed by atoms with van der Waals surface area (Å²) in [5.74, 6) is -1.19. The molecule has 0 aromatic heterocycles. The van der Waals surface area contributed by atoms with Crippen molar-refractivity contribution < 1.29 is 13.5 Å². The summed E-state index contributed by atoms with van der Waals surface area (Å²) in [5.41, 5.74) is 5.76. The highest BCUT2D eigenvalue weighted by molar-refractivity contribution is 5.50. The number of hydrogen-bond acceptors (Lipinski definition) is 3. The molecule has 0 aliphatic heterocycles. The smallest absolute Gasteiger partial charge is 0.149 e. The fourth-order valence-electron chi connectivity index (χ4n) is 1.64. The molecule has 0 atom stereocenters. The summed E-state index contributed by atoms with van der Waals surface area (Å²) in [6.45, 7) is 4.79. The SMILES string of the molecule is CC(C)OCCN(C)c1c(F)cc(CN)cc1F. The molecule has 5 heteroatoms. The minimum absolute atomic E-state index is 0.0421. The van der Waals surface area contributed by atoms with Crippen molar-refractivity contribution in [1.82, 2.24) is 0 Å². The summed E-state index contributed by atoms with van der Waals surface area (Å²) in [6, 6.07) is 2.52. The number of ether oxygens (including phenoxy) is 1. The van der Waals surface area contributed by atoms with Crippen LogP contribution in [-0.4, -0.2) is 26.3 Å². The lowest BCUT2D eigenvalue weighted by Crippen LogP contribution is -2.26. The van der Waals surface area contributed by atoms with E-state index in [4.69, 9.17) is 10.5 Å². The molecule has 0 amide bonds. The van der Waals surface area contributed by atoms with E-state index in [9.17, 15) is 8.78 Å². The Morgan fingerprint density at radius 3 is 2.28 bits per heavy atom. The third-order valence-electron chi connectivity index (χ3n) is 2.57. The number of rotatable bonds is 6. The van der Waals surface area contributed by atoms with Crippen molar-refractivity contribution in [2.24, 2.45) is 5.73 Å². The summed E-state index contributed by atoms with van der Waals surface area (Å²) in [4.78, 5) is 1.51. The van der Waals surface area contributed by atoms with Gasteiger partial charge in [-0.1, -0.05) is 0 Å². The first kappa shape index (κ1) is 14.9. The van der Waals surface area contributed by atoms with Gasteiger partial charge in [-0.2, -0.15) is 0 Å². The van der Waals surface area contributed by atoms with E-state index in [0.717, 1.165) is 0 Å². The molecule has 102 valence electrons. The predicted octanol–water partition coefficient (Wildman–Crippen LogP) is 2.28. The average molecular weight is 258 g/mol. The third kappa shape index (κ3) is 3.92. The molecule has 0 saturated heterocycles. The molecule has 0 aliphatic carbocycles. The molecular formula is C13H20F2N2O. The Morgan fingerprint density at radius 2 is 1.83 bits per heavy atom. The lowest BCUT2D eigenvalue weighted by atomic mass is 10.1. The van der Waals surface area contributed by atoms with E-state index in [1.807, 2.05) is 13.8 Å². The maximum atomic E-state index is 13.8. The molecule has 18 heavy (non-hydrogen) atoms. The summed E-state index contributed by atoms with van der Waals surface area (Å²) >= 11 is 0. The molecule has 2 N–H and O–H groups in total. The quantitative estimate of drug-likeness (QED) is 0.850. The van der Waals surface area contributed by atoms with Crippen molar-refractivity contribution in [2.45, 2.75) is 26.5 Å². The van der Waals surface area contributed by atoms with Gasteiger partial charge in [-0.15, -0.1) is 0 Å². The van der Waals surface area contributed by atoms with Crippen LogP contribution in [0.4, 0.5) is 14.5 Å². The molecule has 0 radical (unpaired) electrons. The van der Waals surface area contributed by atoms with Crippen molar-refractivity contribution in [3.63, 3.8) is 0 Å². The van der Waals surface area contributed by atoms with Gasteiger partial charge in [-0.05, 0) is 31.5 Å². The van der Waals surface area contributed by atoms with Gasteiger partial charge in [0.15, 0.2) is 0 Å². The summed E-state index contributed by atoms with van der Waals surface area (Å²) < 4.78 is 32.9. The summed E-state index contributed by atoms with van der Waals surface area (Å²) in [6.07, 6.45) is 0.104. The van der Waals surface area contributed by atoms with Gasteiger partial charge < -0.3 is 15.4 Å². The predicted molar refractivity (Wildman–Crippen MR) is 68.6 cm³/mol. The molecule has 3 nitrogen and oxygen atoms in total. The van der Waals surface area contributed by atoms with Crippen LogP contribution in [-0.2, 0) is 11.3 Å². The Bertz CT molecular complexity index is 374. The van der Waals surface area contributed by atoms with E-state index in [1.54, 1.807) is 7.05 Å². The number of anilines is 1. The van der Waals surface area contributed by atoms with Crippen molar-refractivity contribution >= 4 is 5.69 Å². The zero-order valence-corrected chi connectivity index (χ0v) is 11.0. The van der Waals surface area contributed by atoms with Crippen molar-refractivity contribution in [2.75, 3.05) is 25.1 Å². The second-order valence-electron chi connectivity index (χ2n) is 4.45. The molecule has 0 spiro atoms. The van der Waals surface area contributed by atoms with Crippen LogP contribution in [0, 0.1) is 11.6 Å². The molecule has 0 saturated carbocycles. The third-order valence-corrected chi connectivity index (χ3v) is 2.57. The zero-order chi connectivity index (χ0) is 13.7. The van der Waals surface area contributed by atoms with Gasteiger partial charge in [0, 0.05) is 20.1 Å². The molecule has 0 aliphatic rings. The fourth-order valence-corrected chi connectivity index (χ4v) is 1.64. The maximum absolute atomic E-state index is 13.8. The Balaban J connectivity index is 2.76. The van der Waals surface area contributed by atoms with Gasteiger partial charge in [0.25, 0.3) is 0 Å². The van der Waals surface area contributed by atoms with E-state index < -0.39 is 11.6 Å². The van der Waals surface area contributed by atoms with E-state index in [0.29, 0.717) is 18.7 Å². The first-order valence-electron chi connectivity index (χ1n) is 5.96. The molecular weight excluding hydrogens is 238 g/mol. The van der Waals surface area contributed by atoms with Crippen molar-refractivity contribution in [1.29, 1.82) is 0 Å². The topological polar surface area (TPSA) is 38.5 Å². The van der Waals surface area contributed by atoms with Gasteiger partial charge in [0.05, 0.1) is 12.7 Å². The Labute approximate surface area is 107 Å². The number of benzene rings is 1. The second kappa shape index (κ2) is 6.66. The Morgan fingerprint density at radius 1 is 1.28 bits per heavy atom. The molecule has 1 aromatic rings. The number of hydrogen-bond donors (Lipinski definition) is 1. The first-order valence-corrected chi connectivity index (χ1v) is 5.96. The van der Waals surface area contributed by atoms with E-state index >= 15 is 0 Å². The largest absolute Gasteiger partial charge is 0.377 e. The highest BCUT2D eigenvalue weighted by Crippen LogP contribution is 2.23. The molecule has 1 aromatic carbocycles. The molecule has 0 heterocycles. The number of likely N-dealkylation sites (N-methyl/N-ethyl adjacent to an activating group) is 1. The van der Waals surface area contributed by atoms with Crippen LogP contribution in [0.25, 0.3) is 0 Å². The lowest BCUT2D eigenvalue weighted by molar-refractivity contribution is 0.0845. The number of nitrogens with two attached hydrogens (primary N) is 1. The number of halogens is 2. The highest BCUT2D eigenvalue weighted by atomic mass is 19.1. The average Bonchev–Trinajstić information content (AvgIpc) is 2.27. The van der Waals surface area contributed by atoms with Gasteiger partial charge in [0.1, 0.15) is 17.3 Å². The van der Waals surface area contributed by atoms with Crippen LogP contribution in [0.3, 0.4) is 0 Å². The molecule has 0 fully saturated rings. The van der Waals surface area contributed by atoms with Crippen LogP contribution < -0.4 is 10.6 Å². The fraction of sp³-hybridized carbons (Fsp3) is 0.538. The standard InChI is InChI=1S/C13H20F2N2O/c1-9(2)18-5-4-17(3)13-11(14)6-10(8-16)7-12(13)15/h6-7,9H,4-5,8,16H2,1-3H3. The van der Waals surface area contributed by atoms with Crippen LogP contribution in [0.2, 0.25) is 0 Å². The molecule has 1 rings (SSSR count). The normalized spacial score (nSPS) is 11.1. The monoisotopic (exact) mass is 258 g/mol. The summed E-state index contributed by atoms with van der Waals surface area (Å²) in [7, 11) is 1.63. The zero-order valence-electron chi connectivity index (χ0n) is 11.0. The highest BCUT2D eigenvalue weighted by Gasteiger charge is 2.15. The number of nitrogens with zero attached hydrogens (tertiary/aromatic N) is 1. The van der Waals surface area contributed by atoms with E-state index in [2.05, 4.69) is 0 Å². The molecule has 0 unspecified atom stereocenters. The van der Waals surface area contributed by atoms with E-state index in [1.165, 1.54) is 17.0 Å². The van der Waals surface area contributed by atoms with Crippen LogP contribution in [0.5, 0.6) is 0 Å². The van der Waals surface area contributed by atoms with Gasteiger partial charge in [-0.3, -0.25) is 0 Å². The van der Waals surface area contributed by atoms with Gasteiger partial charge in [0.2, 0.25) is 0 Å².